The van der Waals surface area contributed by atoms with Crippen LogP contribution in [0.5, 0.6) is 11.5 Å². The van der Waals surface area contributed by atoms with Gasteiger partial charge >= 0.3 is 12.1 Å². The van der Waals surface area contributed by atoms with Crippen LogP contribution in [0, 0.1) is 0 Å². The highest BCUT2D eigenvalue weighted by Gasteiger charge is 2.61. The fourth-order valence-electron chi connectivity index (χ4n) is 3.98. The van der Waals surface area contributed by atoms with Crippen LogP contribution in [-0.4, -0.2) is 55.7 Å². The lowest BCUT2D eigenvalue weighted by molar-refractivity contribution is -0.292. The Labute approximate surface area is 216 Å². The summed E-state index contributed by atoms with van der Waals surface area (Å²) in [4.78, 5) is 12.6. The maximum absolute atomic E-state index is 14.4. The molecular weight excluding hydrogens is 539 g/mol. The molecule has 0 bridgehead atoms. The van der Waals surface area contributed by atoms with Crippen LogP contribution in [-0.2, 0) is 17.7 Å². The number of alkyl halides is 5. The number of halogens is 6. The van der Waals surface area contributed by atoms with Crippen molar-refractivity contribution in [1.82, 2.24) is 29.3 Å². The average molecular weight is 559 g/mol. The molecule has 4 aromatic heterocycles. The summed E-state index contributed by atoms with van der Waals surface area (Å²) in [6.45, 7) is 0.184. The van der Waals surface area contributed by atoms with Gasteiger partial charge in [-0.3, -0.25) is 4.68 Å². The number of anilines is 3. The highest BCUT2D eigenvalue weighted by Crippen LogP contribution is 2.46. The van der Waals surface area contributed by atoms with Crippen molar-refractivity contribution < 1.29 is 31.4 Å². The zero-order valence-corrected chi connectivity index (χ0v) is 20.6. The number of pyridine rings is 2. The average Bonchev–Trinajstić information content (AvgIpc) is 3.60. The molecule has 38 heavy (non-hydrogen) atoms. The van der Waals surface area contributed by atoms with Crippen molar-refractivity contribution >= 4 is 40.3 Å². The summed E-state index contributed by atoms with van der Waals surface area (Å²) >= 11 is 6.57. The summed E-state index contributed by atoms with van der Waals surface area (Å²) < 4.78 is 81.5. The van der Waals surface area contributed by atoms with Crippen molar-refractivity contribution in [3.8, 4) is 11.5 Å². The van der Waals surface area contributed by atoms with Gasteiger partial charge in [0.15, 0.2) is 17.2 Å². The molecule has 1 aliphatic rings. The Kier molecular flexibility index (Phi) is 6.51. The number of hydrogen-bond donors (Lipinski definition) is 2. The van der Waals surface area contributed by atoms with Gasteiger partial charge in [0, 0.05) is 39.0 Å². The Bertz CT molecular complexity index is 1480. The van der Waals surface area contributed by atoms with Gasteiger partial charge < -0.3 is 24.7 Å². The number of rotatable bonds is 7. The normalized spacial score (nSPS) is 16.3. The van der Waals surface area contributed by atoms with Crippen LogP contribution in [0.2, 0.25) is 5.02 Å². The van der Waals surface area contributed by atoms with Gasteiger partial charge in [0.1, 0.15) is 27.8 Å². The minimum atomic E-state index is -5.81. The van der Waals surface area contributed by atoms with E-state index in [1.165, 1.54) is 10.8 Å². The Balaban J connectivity index is 1.49. The number of fused-ring (bicyclic) bond motifs is 1. The Hall–Kier alpha value is -3.72. The van der Waals surface area contributed by atoms with Crippen LogP contribution in [0.4, 0.5) is 39.5 Å². The predicted octanol–water partition coefficient (Wildman–Crippen LogP) is 5.41. The maximum Gasteiger partial charge on any atom is 0.459 e. The molecule has 0 radical (unpaired) electrons. The predicted molar refractivity (Wildman–Crippen MR) is 127 cm³/mol. The second kappa shape index (κ2) is 9.54. The molecule has 5 heterocycles. The van der Waals surface area contributed by atoms with E-state index >= 15 is 0 Å². The van der Waals surface area contributed by atoms with Crippen LogP contribution >= 0.6 is 11.6 Å². The largest absolute Gasteiger partial charge is 0.459 e. The van der Waals surface area contributed by atoms with Crippen molar-refractivity contribution in [2.75, 3.05) is 30.9 Å². The Morgan fingerprint density at radius 3 is 2.63 bits per heavy atom. The molecule has 0 saturated carbocycles. The third kappa shape index (κ3) is 4.55. The summed E-state index contributed by atoms with van der Waals surface area (Å²) in [5.74, 6) is -4.13. The van der Waals surface area contributed by atoms with Gasteiger partial charge in [-0.05, 0) is 12.5 Å². The second-order valence-corrected chi connectivity index (χ2v) is 8.78. The van der Waals surface area contributed by atoms with Crippen LogP contribution < -0.4 is 15.4 Å². The van der Waals surface area contributed by atoms with E-state index < -0.39 is 23.8 Å². The van der Waals surface area contributed by atoms with Gasteiger partial charge in [0.2, 0.25) is 5.95 Å². The van der Waals surface area contributed by atoms with Crippen molar-refractivity contribution in [2.45, 2.75) is 24.6 Å². The van der Waals surface area contributed by atoms with Gasteiger partial charge in [-0.25, -0.2) is 9.97 Å². The van der Waals surface area contributed by atoms with Crippen molar-refractivity contribution in [2.24, 2.45) is 7.05 Å². The van der Waals surface area contributed by atoms with Crippen LogP contribution in [0.25, 0.3) is 11.2 Å². The zero-order valence-electron chi connectivity index (χ0n) is 19.9. The molecule has 1 unspecified atom stereocenters. The molecule has 0 amide bonds. The van der Waals surface area contributed by atoms with E-state index in [1.54, 1.807) is 32.4 Å². The topological polar surface area (TPSA) is 104 Å². The Morgan fingerprint density at radius 2 is 1.95 bits per heavy atom. The first-order valence-electron chi connectivity index (χ1n) is 11.2. The minimum absolute atomic E-state index is 0.0378. The van der Waals surface area contributed by atoms with Gasteiger partial charge in [-0.2, -0.15) is 32.0 Å². The summed E-state index contributed by atoms with van der Waals surface area (Å²) in [5, 5.41) is 9.74. The maximum atomic E-state index is 14.4. The standard InChI is InChI=1S/C22H20ClF5N8O2/c1-29-15-7-12(3-5-30-15)38-13-9-31-19-18(17(13)23)35(2)20(33-19)32-16-8-14(21(24,25)22(26,27)28)36(34-16)11-4-6-37-10-11/h3,5,7-9,11H,4,6,10H2,1-2H3,(H,29,30)(H,31,32,33,34). The van der Waals surface area contributed by atoms with Gasteiger partial charge in [0.25, 0.3) is 0 Å². The van der Waals surface area contributed by atoms with Crippen LogP contribution in [0.1, 0.15) is 18.2 Å². The van der Waals surface area contributed by atoms with E-state index in [2.05, 4.69) is 30.7 Å². The lowest BCUT2D eigenvalue weighted by atomic mass is 10.2. The lowest BCUT2D eigenvalue weighted by Crippen LogP contribution is -2.36. The van der Waals surface area contributed by atoms with Crippen molar-refractivity contribution in [1.29, 1.82) is 0 Å². The number of aromatic nitrogens is 6. The van der Waals surface area contributed by atoms with Gasteiger partial charge in [-0.15, -0.1) is 0 Å². The summed E-state index contributed by atoms with van der Waals surface area (Å²) in [6.07, 6.45) is -2.67. The monoisotopic (exact) mass is 558 g/mol. The van der Waals surface area contributed by atoms with Gasteiger partial charge in [0.05, 0.1) is 18.8 Å². The molecule has 5 rings (SSSR count). The first kappa shape index (κ1) is 25.9. The molecule has 202 valence electrons. The Morgan fingerprint density at radius 1 is 1.16 bits per heavy atom. The van der Waals surface area contributed by atoms with Crippen molar-refractivity contribution in [3.05, 3.63) is 41.3 Å². The first-order valence-corrected chi connectivity index (χ1v) is 11.6. The van der Waals surface area contributed by atoms with E-state index in [-0.39, 0.29) is 47.8 Å². The molecule has 1 atom stereocenters. The zero-order chi connectivity index (χ0) is 27.2. The van der Waals surface area contributed by atoms with E-state index in [0.717, 1.165) is 0 Å². The lowest BCUT2D eigenvalue weighted by Gasteiger charge is -2.22. The molecule has 2 N–H and O–H groups in total. The highest BCUT2D eigenvalue weighted by atomic mass is 35.5. The fourth-order valence-corrected chi connectivity index (χ4v) is 4.28. The molecule has 1 fully saturated rings. The molecular formula is C22H20ClF5N8O2. The third-order valence-corrected chi connectivity index (χ3v) is 6.29. The summed E-state index contributed by atoms with van der Waals surface area (Å²) in [6, 6.07) is 3.15. The highest BCUT2D eigenvalue weighted by molar-refractivity contribution is 6.36. The summed E-state index contributed by atoms with van der Waals surface area (Å²) in [7, 11) is 3.27. The molecule has 4 aromatic rings. The number of hydrogen-bond acceptors (Lipinski definition) is 8. The molecule has 0 aliphatic carbocycles. The number of nitrogens with one attached hydrogen (secondary N) is 2. The molecule has 1 saturated heterocycles. The van der Waals surface area contributed by atoms with Gasteiger partial charge in [-0.1, -0.05) is 11.6 Å². The second-order valence-electron chi connectivity index (χ2n) is 8.41. The molecule has 0 aromatic carbocycles. The SMILES string of the molecule is CNc1cc(Oc2cnc3nc(Nc4cc(C(F)(F)C(F)(F)F)n(C5CCOC5)n4)n(C)c3c2Cl)ccn1. The third-order valence-electron chi connectivity index (χ3n) is 5.93. The number of aryl methyl sites for hydroxylation is 1. The van der Waals surface area contributed by atoms with Crippen LogP contribution in [0.15, 0.2) is 30.6 Å². The number of imidazole rings is 1. The van der Waals surface area contributed by atoms with Crippen molar-refractivity contribution in [3.63, 3.8) is 0 Å². The fraction of sp³-hybridized carbons (Fsp3) is 0.364. The van der Waals surface area contributed by atoms with E-state index in [1.807, 2.05) is 0 Å². The molecule has 1 aliphatic heterocycles. The quantitative estimate of drug-likeness (QED) is 0.290. The molecule has 16 heteroatoms. The summed E-state index contributed by atoms with van der Waals surface area (Å²) in [5.41, 5.74) is -0.784. The van der Waals surface area contributed by atoms with E-state index in [9.17, 15) is 22.0 Å². The van der Waals surface area contributed by atoms with E-state index in [0.29, 0.717) is 27.8 Å². The number of ether oxygens (including phenoxy) is 2. The number of nitrogens with zero attached hydrogens (tertiary/aromatic N) is 6. The van der Waals surface area contributed by atoms with E-state index in [4.69, 9.17) is 21.1 Å². The first-order chi connectivity index (χ1) is 18.0. The molecule has 10 nitrogen and oxygen atoms in total. The molecule has 0 spiro atoms. The van der Waals surface area contributed by atoms with Crippen LogP contribution in [0.3, 0.4) is 0 Å². The minimum Gasteiger partial charge on any atom is -0.454 e. The smallest absolute Gasteiger partial charge is 0.454 e.